The smallest absolute Gasteiger partial charge is 0.218 e. The molecule has 3 nitrogen and oxygen atoms in total. The van der Waals surface area contributed by atoms with Gasteiger partial charge in [0.1, 0.15) is 11.6 Å². The van der Waals surface area contributed by atoms with E-state index < -0.39 is 17.5 Å². The van der Waals surface area contributed by atoms with Gasteiger partial charge in [-0.15, -0.1) is 0 Å². The third-order valence-electron chi connectivity index (χ3n) is 1.72. The van der Waals surface area contributed by atoms with Gasteiger partial charge in [0.15, 0.2) is 0 Å². The Morgan fingerprint density at radius 1 is 1.47 bits per heavy atom. The van der Waals surface area contributed by atoms with Crippen LogP contribution < -0.4 is 5.73 Å². The third-order valence-corrected chi connectivity index (χ3v) is 1.72. The Morgan fingerprint density at radius 3 is 2.40 bits per heavy atom. The van der Waals surface area contributed by atoms with Gasteiger partial charge in [-0.25, -0.2) is 8.78 Å². The van der Waals surface area contributed by atoms with E-state index in [9.17, 15) is 13.6 Å². The van der Waals surface area contributed by atoms with Crippen LogP contribution in [0.4, 0.5) is 8.78 Å². The van der Waals surface area contributed by atoms with E-state index in [2.05, 4.69) is 0 Å². The average molecular weight is 209 g/mol. The minimum absolute atomic E-state index is 0.110. The molecule has 0 aliphatic rings. The van der Waals surface area contributed by atoms with Crippen LogP contribution in [0.3, 0.4) is 0 Å². The molecule has 1 aromatic carbocycles. The monoisotopic (exact) mass is 209 g/mol. The molecule has 77 valence electrons. The fraction of sp³-hybridized carbons (Fsp3) is 0.100. The van der Waals surface area contributed by atoms with Crippen LogP contribution in [0.25, 0.3) is 0 Å². The number of carbonyl (C=O) groups excluding carboxylic acids is 1. The Morgan fingerprint density at radius 2 is 2.00 bits per heavy atom. The molecular formula is C10H7F2N2O. The van der Waals surface area contributed by atoms with Gasteiger partial charge in [-0.2, -0.15) is 5.26 Å². The number of benzene rings is 1. The van der Waals surface area contributed by atoms with Gasteiger partial charge in [0.05, 0.1) is 11.6 Å². The van der Waals surface area contributed by atoms with Crippen LogP contribution in [-0.2, 0) is 4.79 Å². The highest BCUT2D eigenvalue weighted by atomic mass is 19.1. The lowest BCUT2D eigenvalue weighted by molar-refractivity contribution is -0.117. The number of rotatable bonds is 3. The molecule has 0 aliphatic carbocycles. The molecule has 0 aromatic heterocycles. The van der Waals surface area contributed by atoms with Gasteiger partial charge in [-0.1, -0.05) is 0 Å². The van der Waals surface area contributed by atoms with Gasteiger partial charge in [0.25, 0.3) is 0 Å². The van der Waals surface area contributed by atoms with Crippen molar-refractivity contribution in [3.63, 3.8) is 0 Å². The zero-order valence-corrected chi connectivity index (χ0v) is 7.63. The van der Waals surface area contributed by atoms with Crippen molar-refractivity contribution in [2.45, 2.75) is 6.42 Å². The normalized spacial score (nSPS) is 9.67. The fourth-order valence-electron chi connectivity index (χ4n) is 1.05. The molecule has 0 saturated heterocycles. The van der Waals surface area contributed by atoms with Gasteiger partial charge < -0.3 is 5.73 Å². The Hall–Kier alpha value is -1.96. The van der Waals surface area contributed by atoms with E-state index in [1.54, 1.807) is 6.07 Å². The molecule has 0 aliphatic heterocycles. The molecule has 0 saturated carbocycles. The number of halogens is 2. The predicted molar refractivity (Wildman–Crippen MR) is 48.3 cm³/mol. The third kappa shape index (κ3) is 2.74. The van der Waals surface area contributed by atoms with Crippen molar-refractivity contribution in [2.24, 2.45) is 5.73 Å². The van der Waals surface area contributed by atoms with Crippen molar-refractivity contribution in [1.82, 2.24) is 0 Å². The second-order valence-corrected chi connectivity index (χ2v) is 2.84. The van der Waals surface area contributed by atoms with Crippen LogP contribution >= 0.6 is 0 Å². The van der Waals surface area contributed by atoms with Crippen molar-refractivity contribution >= 4 is 5.91 Å². The summed E-state index contributed by atoms with van der Waals surface area (Å²) in [5, 5.41) is 8.43. The molecule has 1 radical (unpaired) electrons. The van der Waals surface area contributed by atoms with Crippen molar-refractivity contribution in [2.75, 3.05) is 0 Å². The maximum absolute atomic E-state index is 13.2. The summed E-state index contributed by atoms with van der Waals surface area (Å²) >= 11 is 0. The summed E-state index contributed by atoms with van der Waals surface area (Å²) in [4.78, 5) is 10.4. The minimum atomic E-state index is -0.882. The van der Waals surface area contributed by atoms with E-state index >= 15 is 0 Å². The summed E-state index contributed by atoms with van der Waals surface area (Å²) < 4.78 is 26.3. The molecule has 0 fully saturated rings. The molecule has 1 amide bonds. The molecule has 0 atom stereocenters. The van der Waals surface area contributed by atoms with Gasteiger partial charge in [-0.3, -0.25) is 4.79 Å². The van der Waals surface area contributed by atoms with Crippen LogP contribution in [0.15, 0.2) is 12.1 Å². The van der Waals surface area contributed by atoms with E-state index in [1.807, 2.05) is 0 Å². The van der Waals surface area contributed by atoms with Gasteiger partial charge in [-0.05, 0) is 12.1 Å². The average Bonchev–Trinajstić information content (AvgIpc) is 2.15. The highest BCUT2D eigenvalue weighted by Gasteiger charge is 2.12. The molecule has 2 N–H and O–H groups in total. The maximum Gasteiger partial charge on any atom is 0.218 e. The molecule has 0 unspecified atom stereocenters. The lowest BCUT2D eigenvalue weighted by Crippen LogP contribution is -2.11. The molecule has 15 heavy (non-hydrogen) atoms. The number of primary amides is 1. The highest BCUT2D eigenvalue weighted by molar-refractivity contribution is 5.75. The molecule has 5 heteroatoms. The molecule has 1 rings (SSSR count). The number of hydrogen-bond donors (Lipinski definition) is 1. The second kappa shape index (κ2) is 4.51. The maximum atomic E-state index is 13.2. The standard InChI is InChI=1S/C10H7F2N2O/c11-8-3-6(5-13)4-9(12)7(8)1-2-10(14)15/h1,3-4H,2H2,(H2,14,15). The summed E-state index contributed by atoms with van der Waals surface area (Å²) in [5.41, 5.74) is 4.38. The molecular weight excluding hydrogens is 202 g/mol. The van der Waals surface area contributed by atoms with E-state index in [-0.39, 0.29) is 17.5 Å². The number of carbonyl (C=O) groups is 1. The number of nitriles is 1. The molecule has 0 spiro atoms. The summed E-state index contributed by atoms with van der Waals surface area (Å²) in [6.07, 6.45) is 0.799. The number of amides is 1. The zero-order chi connectivity index (χ0) is 11.4. The van der Waals surface area contributed by atoms with E-state index in [1.165, 1.54) is 0 Å². The van der Waals surface area contributed by atoms with Crippen LogP contribution in [0.1, 0.15) is 17.5 Å². The van der Waals surface area contributed by atoms with E-state index in [0.717, 1.165) is 18.6 Å². The van der Waals surface area contributed by atoms with Crippen molar-refractivity contribution in [3.05, 3.63) is 41.3 Å². The van der Waals surface area contributed by atoms with Crippen molar-refractivity contribution in [1.29, 1.82) is 5.26 Å². The van der Waals surface area contributed by atoms with Crippen LogP contribution in [-0.4, -0.2) is 5.91 Å². The largest absolute Gasteiger partial charge is 0.370 e. The first-order valence-electron chi connectivity index (χ1n) is 4.05. The Kier molecular flexibility index (Phi) is 3.34. The van der Waals surface area contributed by atoms with Crippen LogP contribution in [0.2, 0.25) is 0 Å². The van der Waals surface area contributed by atoms with Crippen molar-refractivity contribution < 1.29 is 13.6 Å². The van der Waals surface area contributed by atoms with Gasteiger partial charge in [0.2, 0.25) is 5.91 Å². The molecule has 0 bridgehead atoms. The van der Waals surface area contributed by atoms with E-state index in [4.69, 9.17) is 11.0 Å². The molecule has 1 aromatic rings. The first-order valence-corrected chi connectivity index (χ1v) is 4.05. The quantitative estimate of drug-likeness (QED) is 0.814. The number of nitrogens with two attached hydrogens (primary N) is 1. The highest BCUT2D eigenvalue weighted by Crippen LogP contribution is 2.17. The van der Waals surface area contributed by atoms with Crippen LogP contribution in [0, 0.1) is 29.4 Å². The second-order valence-electron chi connectivity index (χ2n) is 2.84. The Labute approximate surface area is 85.1 Å². The predicted octanol–water partition coefficient (Wildman–Crippen LogP) is 1.26. The van der Waals surface area contributed by atoms with Crippen LogP contribution in [0.5, 0.6) is 0 Å². The number of hydrogen-bond acceptors (Lipinski definition) is 2. The van der Waals surface area contributed by atoms with E-state index in [0.29, 0.717) is 0 Å². The fourth-order valence-corrected chi connectivity index (χ4v) is 1.05. The molecule has 0 heterocycles. The van der Waals surface area contributed by atoms with Gasteiger partial charge >= 0.3 is 0 Å². The summed E-state index contributed by atoms with van der Waals surface area (Å²) in [6, 6.07) is 3.41. The lowest BCUT2D eigenvalue weighted by Gasteiger charge is -2.03. The SMILES string of the molecule is N#Cc1cc(F)c([CH]CC(N)=O)c(F)c1. The first kappa shape index (κ1) is 11.1. The summed E-state index contributed by atoms with van der Waals surface area (Å²) in [6.45, 7) is 0. The summed E-state index contributed by atoms with van der Waals surface area (Å²) in [7, 11) is 0. The minimum Gasteiger partial charge on any atom is -0.370 e. The first-order chi connectivity index (χ1) is 7.04. The van der Waals surface area contributed by atoms with Gasteiger partial charge in [0, 0.05) is 18.4 Å². The van der Waals surface area contributed by atoms with Crippen molar-refractivity contribution in [3.8, 4) is 6.07 Å². The number of nitrogens with zero attached hydrogens (tertiary/aromatic N) is 1. The topological polar surface area (TPSA) is 66.9 Å². The Balaban J connectivity index is 2.99. The Bertz CT molecular complexity index is 415. The lowest BCUT2D eigenvalue weighted by atomic mass is 10.1. The zero-order valence-electron chi connectivity index (χ0n) is 7.63. The summed E-state index contributed by atoms with van der Waals surface area (Å²) in [5.74, 6) is -2.45.